The van der Waals surface area contributed by atoms with Crippen LogP contribution in [0.15, 0.2) is 12.2 Å². The summed E-state index contributed by atoms with van der Waals surface area (Å²) in [7, 11) is 0. The van der Waals surface area contributed by atoms with E-state index in [0.29, 0.717) is 0 Å². The molecule has 0 unspecified atom stereocenters. The van der Waals surface area contributed by atoms with Gasteiger partial charge in [-0.15, -0.1) is 0 Å². The molecule has 0 spiro atoms. The fourth-order valence-electron chi connectivity index (χ4n) is 0.586. The van der Waals surface area contributed by atoms with E-state index >= 15 is 0 Å². The van der Waals surface area contributed by atoms with Gasteiger partial charge in [-0.3, -0.25) is 0 Å². The second kappa shape index (κ2) is 6.05. The molecule has 0 aromatic carbocycles. The van der Waals surface area contributed by atoms with E-state index in [-0.39, 0.29) is 12.6 Å². The summed E-state index contributed by atoms with van der Waals surface area (Å²) in [6.45, 7) is 3.74. The van der Waals surface area contributed by atoms with Crippen LogP contribution < -0.4 is 11.1 Å². The van der Waals surface area contributed by atoms with Crippen molar-refractivity contribution in [1.82, 2.24) is 5.32 Å². The van der Waals surface area contributed by atoms with Gasteiger partial charge in [0.05, 0.1) is 6.10 Å². The van der Waals surface area contributed by atoms with E-state index in [0.717, 1.165) is 0 Å². The van der Waals surface area contributed by atoms with Crippen molar-refractivity contribution in [3.05, 3.63) is 12.2 Å². The molecule has 0 aliphatic rings. The maximum Gasteiger partial charge on any atom is 0.330 e. The Kier molecular flexibility index (Phi) is 5.34. The summed E-state index contributed by atoms with van der Waals surface area (Å²) in [5.74, 6) is -0.429. The van der Waals surface area contributed by atoms with Crippen LogP contribution in [0.2, 0.25) is 0 Å². The third-order valence-corrected chi connectivity index (χ3v) is 1.000. The number of amides is 2. The Morgan fingerprint density at radius 3 is 2.62 bits per heavy atom. The first kappa shape index (κ1) is 11.5. The Morgan fingerprint density at radius 2 is 2.15 bits per heavy atom. The summed E-state index contributed by atoms with van der Waals surface area (Å²) >= 11 is 0. The number of carbonyl (C=O) groups excluding carboxylic acids is 2. The molecule has 3 N–H and O–H groups in total. The van der Waals surface area contributed by atoms with E-state index in [1.54, 1.807) is 13.8 Å². The van der Waals surface area contributed by atoms with Gasteiger partial charge in [-0.25, -0.2) is 9.59 Å². The second-order valence-electron chi connectivity index (χ2n) is 2.63. The van der Waals surface area contributed by atoms with Crippen molar-refractivity contribution in [2.75, 3.05) is 6.54 Å². The Hall–Kier alpha value is -1.52. The molecule has 2 amide bonds. The lowest BCUT2D eigenvalue weighted by molar-refractivity contribution is -0.141. The molecule has 74 valence electrons. The summed E-state index contributed by atoms with van der Waals surface area (Å²) in [6.07, 6.45) is 2.58. The smallest absolute Gasteiger partial charge is 0.330 e. The minimum Gasteiger partial charge on any atom is -0.460 e. The lowest BCUT2D eigenvalue weighted by Gasteiger charge is -2.03. The number of rotatable bonds is 4. The number of nitrogens with one attached hydrogen (secondary N) is 1. The molecule has 0 atom stereocenters. The zero-order valence-electron chi connectivity index (χ0n) is 7.74. The number of esters is 1. The Labute approximate surface area is 76.9 Å². The molecule has 0 radical (unpaired) electrons. The van der Waals surface area contributed by atoms with Crippen molar-refractivity contribution >= 4 is 12.0 Å². The van der Waals surface area contributed by atoms with Crippen LogP contribution in [0.4, 0.5) is 4.79 Å². The molecular formula is C8H14N2O3. The predicted octanol–water partition coefficient (Wildman–Crippen LogP) is 0.163. The van der Waals surface area contributed by atoms with Crippen LogP contribution in [-0.2, 0) is 9.53 Å². The number of carbonyl (C=O) groups is 2. The van der Waals surface area contributed by atoms with Crippen LogP contribution in [0.5, 0.6) is 0 Å². The van der Waals surface area contributed by atoms with Gasteiger partial charge < -0.3 is 15.8 Å². The van der Waals surface area contributed by atoms with Gasteiger partial charge in [-0.05, 0) is 13.8 Å². The van der Waals surface area contributed by atoms with Crippen molar-refractivity contribution in [2.24, 2.45) is 5.73 Å². The molecule has 0 fully saturated rings. The van der Waals surface area contributed by atoms with E-state index in [1.807, 2.05) is 0 Å². The summed E-state index contributed by atoms with van der Waals surface area (Å²) in [5.41, 5.74) is 4.79. The fourth-order valence-corrected chi connectivity index (χ4v) is 0.586. The molecule has 13 heavy (non-hydrogen) atoms. The van der Waals surface area contributed by atoms with Gasteiger partial charge in [0.1, 0.15) is 0 Å². The van der Waals surface area contributed by atoms with E-state index in [2.05, 4.69) is 5.32 Å². The number of nitrogens with two attached hydrogens (primary N) is 1. The normalized spacial score (nSPS) is 10.4. The number of hydrogen-bond acceptors (Lipinski definition) is 3. The standard InChI is InChI=1S/C8H14N2O3/c1-6(2)13-7(11)4-3-5-10-8(9)12/h3-4,6H,5H2,1-2H3,(H3,9,10,12). The van der Waals surface area contributed by atoms with E-state index in [1.165, 1.54) is 12.2 Å². The number of hydrogen-bond donors (Lipinski definition) is 2. The Balaban J connectivity index is 3.60. The molecular weight excluding hydrogens is 172 g/mol. The van der Waals surface area contributed by atoms with Crippen LogP contribution >= 0.6 is 0 Å². The molecule has 0 heterocycles. The quantitative estimate of drug-likeness (QED) is 0.484. The Morgan fingerprint density at radius 1 is 1.54 bits per heavy atom. The molecule has 5 heteroatoms. The first-order valence-corrected chi connectivity index (χ1v) is 3.93. The summed E-state index contributed by atoms with van der Waals surface area (Å²) in [6, 6.07) is -0.623. The lowest BCUT2D eigenvalue weighted by Crippen LogP contribution is -2.29. The van der Waals surface area contributed by atoms with E-state index < -0.39 is 12.0 Å². The Bertz CT molecular complexity index is 211. The minimum atomic E-state index is -0.623. The van der Waals surface area contributed by atoms with Gasteiger partial charge in [-0.2, -0.15) is 0 Å². The van der Waals surface area contributed by atoms with Crippen LogP contribution in [-0.4, -0.2) is 24.6 Å². The van der Waals surface area contributed by atoms with Gasteiger partial charge in [0.15, 0.2) is 0 Å². The molecule has 5 nitrogen and oxygen atoms in total. The predicted molar refractivity (Wildman–Crippen MR) is 48.0 cm³/mol. The van der Waals surface area contributed by atoms with Gasteiger partial charge >= 0.3 is 12.0 Å². The van der Waals surface area contributed by atoms with Crippen molar-refractivity contribution in [3.8, 4) is 0 Å². The average Bonchev–Trinajstić information content (AvgIpc) is 1.96. The van der Waals surface area contributed by atoms with Gasteiger partial charge in [0.2, 0.25) is 0 Å². The van der Waals surface area contributed by atoms with Gasteiger partial charge in [0, 0.05) is 12.6 Å². The van der Waals surface area contributed by atoms with Crippen molar-refractivity contribution < 1.29 is 14.3 Å². The fraction of sp³-hybridized carbons (Fsp3) is 0.500. The number of urea groups is 1. The monoisotopic (exact) mass is 186 g/mol. The molecule has 0 rings (SSSR count). The SMILES string of the molecule is CC(C)OC(=O)C=CCNC(N)=O. The van der Waals surface area contributed by atoms with Crippen LogP contribution in [0.25, 0.3) is 0 Å². The largest absolute Gasteiger partial charge is 0.460 e. The highest BCUT2D eigenvalue weighted by atomic mass is 16.5. The second-order valence-corrected chi connectivity index (χ2v) is 2.63. The summed E-state index contributed by atoms with van der Waals surface area (Å²) < 4.78 is 4.79. The van der Waals surface area contributed by atoms with Crippen LogP contribution in [0.1, 0.15) is 13.8 Å². The van der Waals surface area contributed by atoms with Crippen LogP contribution in [0, 0.1) is 0 Å². The molecule has 0 aliphatic carbocycles. The molecule has 0 aromatic heterocycles. The molecule has 0 saturated carbocycles. The van der Waals surface area contributed by atoms with Crippen molar-refractivity contribution in [2.45, 2.75) is 20.0 Å². The maximum atomic E-state index is 10.8. The lowest BCUT2D eigenvalue weighted by atomic mass is 10.4. The molecule has 0 bridgehead atoms. The minimum absolute atomic E-state index is 0.138. The topological polar surface area (TPSA) is 81.4 Å². The van der Waals surface area contributed by atoms with Crippen molar-refractivity contribution in [3.63, 3.8) is 0 Å². The van der Waals surface area contributed by atoms with Crippen LogP contribution in [0.3, 0.4) is 0 Å². The van der Waals surface area contributed by atoms with E-state index in [9.17, 15) is 9.59 Å². The highest BCUT2D eigenvalue weighted by Gasteiger charge is 1.98. The molecule has 0 saturated heterocycles. The molecule has 0 aliphatic heterocycles. The first-order chi connectivity index (χ1) is 6.02. The van der Waals surface area contributed by atoms with E-state index in [4.69, 9.17) is 10.5 Å². The first-order valence-electron chi connectivity index (χ1n) is 3.93. The zero-order chi connectivity index (χ0) is 10.3. The summed E-state index contributed by atoms with van der Waals surface area (Å²) in [5, 5.41) is 2.30. The van der Waals surface area contributed by atoms with Gasteiger partial charge in [-0.1, -0.05) is 6.08 Å². The number of primary amides is 1. The van der Waals surface area contributed by atoms with Gasteiger partial charge in [0.25, 0.3) is 0 Å². The maximum absolute atomic E-state index is 10.8. The third kappa shape index (κ3) is 8.39. The average molecular weight is 186 g/mol. The highest BCUT2D eigenvalue weighted by molar-refractivity contribution is 5.82. The summed E-state index contributed by atoms with van der Waals surface area (Å²) in [4.78, 5) is 21.0. The number of ether oxygens (including phenoxy) is 1. The third-order valence-electron chi connectivity index (χ3n) is 1.000. The van der Waals surface area contributed by atoms with Crippen molar-refractivity contribution in [1.29, 1.82) is 0 Å². The highest BCUT2D eigenvalue weighted by Crippen LogP contribution is 1.89. The zero-order valence-corrected chi connectivity index (χ0v) is 7.74. The molecule has 0 aromatic rings.